The van der Waals surface area contributed by atoms with Crippen molar-refractivity contribution in [3.63, 3.8) is 0 Å². The molecule has 0 unspecified atom stereocenters. The first kappa shape index (κ1) is 22.5. The van der Waals surface area contributed by atoms with Crippen LogP contribution in [0.25, 0.3) is 0 Å². The van der Waals surface area contributed by atoms with Gasteiger partial charge in [-0.05, 0) is 5.92 Å². The summed E-state index contributed by atoms with van der Waals surface area (Å²) in [5, 5.41) is 0. The van der Waals surface area contributed by atoms with E-state index in [0.29, 0.717) is 0 Å². The van der Waals surface area contributed by atoms with Gasteiger partial charge in [0.1, 0.15) is 0 Å². The summed E-state index contributed by atoms with van der Waals surface area (Å²) in [5.41, 5.74) is 0. The molecule has 3 heteroatoms. The minimum Gasteiger partial charge on any atom is -1.00 e. The fourth-order valence-corrected chi connectivity index (χ4v) is 0. The van der Waals surface area contributed by atoms with Gasteiger partial charge in [-0.25, -0.2) is 0 Å². The molecule has 0 aromatic heterocycles. The minimum absolute atomic E-state index is 0. The fourth-order valence-electron chi connectivity index (χ4n) is 0. The van der Waals surface area contributed by atoms with Gasteiger partial charge in [0.2, 0.25) is 0 Å². The Labute approximate surface area is 99.4 Å². The molecule has 0 aliphatic heterocycles. The van der Waals surface area contributed by atoms with Crippen LogP contribution in [0, 0.1) is 5.92 Å². The van der Waals surface area contributed by atoms with Gasteiger partial charge >= 0.3 is 19.5 Å². The van der Waals surface area contributed by atoms with Gasteiger partial charge in [-0.15, -0.1) is 0 Å². The zero-order valence-corrected chi connectivity index (χ0v) is 13.0. The number of rotatable bonds is 1. The number of hydrogen-bond acceptors (Lipinski definition) is 0. The van der Waals surface area contributed by atoms with E-state index in [9.17, 15) is 0 Å². The molecule has 0 atom stereocenters. The van der Waals surface area contributed by atoms with Crippen LogP contribution in [0.2, 0.25) is 0 Å². The van der Waals surface area contributed by atoms with Crippen LogP contribution in [0.1, 0.15) is 27.2 Å². The van der Waals surface area contributed by atoms with Gasteiger partial charge in [0.15, 0.2) is 0 Å². The van der Waals surface area contributed by atoms with Crippen molar-refractivity contribution < 1.29 is 67.4 Å². The van der Waals surface area contributed by atoms with Crippen molar-refractivity contribution in [3.8, 4) is 0 Å². The molecule has 0 aliphatic rings. The average Bonchev–Trinajstić information content (AvgIpc) is 1.38. The Bertz CT molecular complexity index is 24.4. The zero-order chi connectivity index (χ0) is 4.28. The molecule has 0 aliphatic carbocycles. The molecule has 0 rings (SSSR count). The quantitative estimate of drug-likeness (QED) is 0.317. The molecule has 0 spiro atoms. The van der Waals surface area contributed by atoms with Crippen molar-refractivity contribution >= 4 is 0 Å². The van der Waals surface area contributed by atoms with Crippen molar-refractivity contribution in [2.75, 3.05) is 0 Å². The maximum absolute atomic E-state index is 2.22. The summed E-state index contributed by atoms with van der Waals surface area (Å²) in [6, 6.07) is 0. The van der Waals surface area contributed by atoms with E-state index >= 15 is 0 Å². The van der Waals surface area contributed by atoms with E-state index in [0.717, 1.165) is 5.92 Å². The second-order valence-electron chi connectivity index (χ2n) is 1.80. The maximum atomic E-state index is 2.22. The average molecular weight is 391 g/mol. The van der Waals surface area contributed by atoms with E-state index in [1.165, 1.54) is 6.42 Å². The molecule has 0 nitrogen and oxygen atoms in total. The standard InChI is InChI=1S/C5H12.2HI.Zn/c1-4-5(2)3;;;/h5H,4H2,1-3H3;2*1H;/q;;;+2/p-2. The third-order valence-electron chi connectivity index (χ3n) is 0.816. The van der Waals surface area contributed by atoms with Crippen LogP contribution in [-0.4, -0.2) is 0 Å². The topological polar surface area (TPSA) is 0 Å². The van der Waals surface area contributed by atoms with Gasteiger partial charge in [0.25, 0.3) is 0 Å². The molecule has 8 heavy (non-hydrogen) atoms. The summed E-state index contributed by atoms with van der Waals surface area (Å²) < 4.78 is 0. The second kappa shape index (κ2) is 16.0. The first-order valence-electron chi connectivity index (χ1n) is 2.27. The van der Waals surface area contributed by atoms with Crippen LogP contribution in [0.15, 0.2) is 0 Å². The van der Waals surface area contributed by atoms with Gasteiger partial charge in [-0.1, -0.05) is 27.2 Å². The van der Waals surface area contributed by atoms with Gasteiger partial charge in [0.05, 0.1) is 0 Å². The molecule has 0 N–H and O–H groups in total. The van der Waals surface area contributed by atoms with Gasteiger partial charge in [-0.2, -0.15) is 0 Å². The van der Waals surface area contributed by atoms with E-state index in [1.807, 2.05) is 0 Å². The van der Waals surface area contributed by atoms with Gasteiger partial charge < -0.3 is 48.0 Å². The van der Waals surface area contributed by atoms with Crippen LogP contribution in [0.4, 0.5) is 0 Å². The Kier molecular flexibility index (Phi) is 45.1. The predicted octanol–water partition coefficient (Wildman–Crippen LogP) is -3.94. The Balaban J connectivity index is -0.0000000267. The van der Waals surface area contributed by atoms with Gasteiger partial charge in [0, 0.05) is 0 Å². The summed E-state index contributed by atoms with van der Waals surface area (Å²) in [7, 11) is 0. The van der Waals surface area contributed by atoms with Gasteiger partial charge in [-0.3, -0.25) is 0 Å². The third kappa shape index (κ3) is 24.3. The largest absolute Gasteiger partial charge is 2.00 e. The van der Waals surface area contributed by atoms with Crippen molar-refractivity contribution in [2.24, 2.45) is 5.92 Å². The van der Waals surface area contributed by atoms with E-state index < -0.39 is 0 Å². The van der Waals surface area contributed by atoms with E-state index in [4.69, 9.17) is 0 Å². The molecule has 0 saturated carbocycles. The summed E-state index contributed by atoms with van der Waals surface area (Å²) in [5.74, 6) is 0.884. The summed E-state index contributed by atoms with van der Waals surface area (Å²) >= 11 is 0. The van der Waals surface area contributed by atoms with Crippen molar-refractivity contribution in [2.45, 2.75) is 27.2 Å². The Morgan fingerprint density at radius 1 is 1.12 bits per heavy atom. The Morgan fingerprint density at radius 2 is 1.25 bits per heavy atom. The Morgan fingerprint density at radius 3 is 1.25 bits per heavy atom. The summed E-state index contributed by atoms with van der Waals surface area (Å²) in [4.78, 5) is 0. The van der Waals surface area contributed by atoms with Crippen LogP contribution in [0.5, 0.6) is 0 Å². The molecule has 0 heterocycles. The molecule has 0 fully saturated rings. The monoisotopic (exact) mass is 390 g/mol. The van der Waals surface area contributed by atoms with E-state index in [1.54, 1.807) is 0 Å². The normalized spacial score (nSPS) is 6.00. The molecule has 0 aromatic carbocycles. The number of halogens is 2. The molecule has 0 radical (unpaired) electrons. The molecule has 0 amide bonds. The Hall–Kier alpha value is 2.08. The predicted molar refractivity (Wildman–Crippen MR) is 25.1 cm³/mol. The van der Waals surface area contributed by atoms with Crippen LogP contribution in [-0.2, 0) is 19.5 Å². The van der Waals surface area contributed by atoms with Crippen molar-refractivity contribution in [1.82, 2.24) is 0 Å². The van der Waals surface area contributed by atoms with E-state index in [2.05, 4.69) is 20.8 Å². The van der Waals surface area contributed by atoms with Crippen molar-refractivity contribution in [1.29, 1.82) is 0 Å². The molecule has 0 aromatic rings. The molecule has 48 valence electrons. The zero-order valence-electron chi connectivity index (χ0n) is 5.75. The number of hydrogen-bond donors (Lipinski definition) is 0. The first-order chi connectivity index (χ1) is 2.27. The molecular formula is C5H12I2Zn. The smallest absolute Gasteiger partial charge is 1.00 e. The van der Waals surface area contributed by atoms with Crippen LogP contribution < -0.4 is 48.0 Å². The molecular weight excluding hydrogens is 379 g/mol. The molecule has 0 bridgehead atoms. The maximum Gasteiger partial charge on any atom is 2.00 e. The first-order valence-corrected chi connectivity index (χ1v) is 2.27. The van der Waals surface area contributed by atoms with Crippen molar-refractivity contribution in [3.05, 3.63) is 0 Å². The van der Waals surface area contributed by atoms with Crippen LogP contribution >= 0.6 is 0 Å². The minimum atomic E-state index is 0. The fraction of sp³-hybridized carbons (Fsp3) is 1.00. The second-order valence-corrected chi connectivity index (χ2v) is 1.80. The third-order valence-corrected chi connectivity index (χ3v) is 0.816. The van der Waals surface area contributed by atoms with E-state index in [-0.39, 0.29) is 67.4 Å². The molecule has 0 saturated heterocycles. The van der Waals surface area contributed by atoms with Crippen LogP contribution in [0.3, 0.4) is 0 Å². The summed E-state index contributed by atoms with van der Waals surface area (Å²) in [6.07, 6.45) is 1.31. The summed E-state index contributed by atoms with van der Waals surface area (Å²) in [6.45, 7) is 6.64. The SMILES string of the molecule is CCC(C)C.[I-].[I-].[Zn+2].